The molecular weight excluding hydrogens is 476 g/mol. The van der Waals surface area contributed by atoms with Crippen molar-refractivity contribution in [3.05, 3.63) is 120 Å². The largest absolute Gasteiger partial charge is 0.346 e. The highest BCUT2D eigenvalue weighted by Crippen LogP contribution is 2.63. The van der Waals surface area contributed by atoms with Crippen molar-refractivity contribution in [2.24, 2.45) is 16.7 Å². The van der Waals surface area contributed by atoms with Gasteiger partial charge in [0.25, 0.3) is 0 Å². The van der Waals surface area contributed by atoms with E-state index in [0.29, 0.717) is 0 Å². The summed E-state index contributed by atoms with van der Waals surface area (Å²) >= 11 is 0. The van der Waals surface area contributed by atoms with Gasteiger partial charge in [0.15, 0.2) is 6.29 Å². The zero-order valence-electron chi connectivity index (χ0n) is 22.4. The van der Waals surface area contributed by atoms with Crippen LogP contribution in [0, 0.1) is 28.1 Å². The van der Waals surface area contributed by atoms with Gasteiger partial charge in [-0.2, -0.15) is 5.26 Å². The van der Waals surface area contributed by atoms with Crippen LogP contribution in [0.5, 0.6) is 0 Å². The highest BCUT2D eigenvalue weighted by Gasteiger charge is 2.54. The zero-order valence-corrected chi connectivity index (χ0v) is 22.4. The SMILES string of the molecule is CC1(C)C2=C(CC=CC(C#N)=C2)C2(C)C=CC(N3c4ccc5ccccc5c4N4c5ccccc5NC34)=CC12. The first-order valence-corrected chi connectivity index (χ1v) is 13.8. The van der Waals surface area contributed by atoms with Crippen LogP contribution in [-0.4, -0.2) is 6.29 Å². The van der Waals surface area contributed by atoms with E-state index in [4.69, 9.17) is 0 Å². The van der Waals surface area contributed by atoms with E-state index in [1.165, 1.54) is 44.7 Å². The molecule has 2 heterocycles. The molecule has 190 valence electrons. The van der Waals surface area contributed by atoms with Crippen LogP contribution in [0.1, 0.15) is 27.2 Å². The Balaban J connectivity index is 1.30. The number of rotatable bonds is 1. The number of para-hydroxylation sites is 2. The molecule has 0 radical (unpaired) electrons. The van der Waals surface area contributed by atoms with Crippen molar-refractivity contribution >= 4 is 33.5 Å². The third-order valence-electron chi connectivity index (χ3n) is 9.67. The minimum Gasteiger partial charge on any atom is -0.346 e. The molecule has 3 unspecified atom stereocenters. The number of hydrogen-bond acceptors (Lipinski definition) is 4. The summed E-state index contributed by atoms with van der Waals surface area (Å²) in [5, 5.41) is 16.1. The number of nitrogens with one attached hydrogen (secondary N) is 1. The van der Waals surface area contributed by atoms with Crippen LogP contribution in [0.2, 0.25) is 0 Å². The lowest BCUT2D eigenvalue weighted by atomic mass is 9.65. The van der Waals surface area contributed by atoms with Crippen LogP contribution in [0.3, 0.4) is 0 Å². The monoisotopic (exact) mass is 506 g/mol. The molecule has 5 aliphatic rings. The summed E-state index contributed by atoms with van der Waals surface area (Å²) in [7, 11) is 0. The van der Waals surface area contributed by atoms with E-state index in [0.717, 1.165) is 17.7 Å². The Kier molecular flexibility index (Phi) is 4.35. The number of allylic oxidation sites excluding steroid dienone is 9. The van der Waals surface area contributed by atoms with E-state index < -0.39 is 0 Å². The second kappa shape index (κ2) is 7.55. The Labute approximate surface area is 229 Å². The van der Waals surface area contributed by atoms with Crippen molar-refractivity contribution in [1.82, 2.24) is 0 Å². The summed E-state index contributed by atoms with van der Waals surface area (Å²) in [5.41, 5.74) is 9.36. The molecule has 4 nitrogen and oxygen atoms in total. The molecular formula is C35H30N4. The molecule has 0 fully saturated rings. The number of anilines is 4. The topological polar surface area (TPSA) is 42.3 Å². The molecule has 3 aliphatic carbocycles. The molecule has 3 aromatic rings. The van der Waals surface area contributed by atoms with E-state index >= 15 is 0 Å². The Morgan fingerprint density at radius 2 is 1.74 bits per heavy atom. The van der Waals surface area contributed by atoms with Gasteiger partial charge in [-0.25, -0.2) is 0 Å². The van der Waals surface area contributed by atoms with Gasteiger partial charge in [-0.3, -0.25) is 4.90 Å². The highest BCUT2D eigenvalue weighted by molar-refractivity contribution is 6.08. The molecule has 0 spiro atoms. The Morgan fingerprint density at radius 3 is 2.62 bits per heavy atom. The van der Waals surface area contributed by atoms with Gasteiger partial charge in [-0.15, -0.1) is 0 Å². The van der Waals surface area contributed by atoms with Gasteiger partial charge in [0, 0.05) is 22.4 Å². The number of fused-ring (bicyclic) bond motifs is 9. The fourth-order valence-electron chi connectivity index (χ4n) is 7.86. The van der Waals surface area contributed by atoms with Crippen molar-refractivity contribution in [2.45, 2.75) is 33.5 Å². The summed E-state index contributed by atoms with van der Waals surface area (Å²) in [4.78, 5) is 4.95. The molecule has 1 N–H and O–H groups in total. The second-order valence-electron chi connectivity index (χ2n) is 12.0. The normalized spacial score (nSPS) is 27.1. The van der Waals surface area contributed by atoms with E-state index in [2.05, 4.69) is 133 Å². The van der Waals surface area contributed by atoms with Gasteiger partial charge in [0.1, 0.15) is 0 Å². The Morgan fingerprint density at radius 1 is 0.923 bits per heavy atom. The lowest BCUT2D eigenvalue weighted by Gasteiger charge is -2.41. The standard InChI is InChI=1S/C35H30N4/c1-34(2)27-19-22(21-36)9-8-12-26(27)35(3)18-17-24(20-31(34)35)38-30-16-15-23-10-4-5-11-25(23)32(30)39-29-14-7-6-13-28(29)37-33(38)39/h4-11,13-20,31,33,37H,12H2,1-3H3. The van der Waals surface area contributed by atoms with Crippen LogP contribution in [0.15, 0.2) is 120 Å². The van der Waals surface area contributed by atoms with E-state index in [-0.39, 0.29) is 23.0 Å². The molecule has 0 amide bonds. The van der Waals surface area contributed by atoms with Crippen molar-refractivity contribution < 1.29 is 0 Å². The third-order valence-corrected chi connectivity index (χ3v) is 9.67. The molecule has 0 bridgehead atoms. The maximum Gasteiger partial charge on any atom is 0.187 e. The van der Waals surface area contributed by atoms with E-state index in [1.54, 1.807) is 0 Å². The Bertz CT molecular complexity index is 1790. The molecule has 4 heteroatoms. The van der Waals surface area contributed by atoms with Crippen LogP contribution in [-0.2, 0) is 0 Å². The lowest BCUT2D eigenvalue weighted by Crippen LogP contribution is -2.43. The maximum absolute atomic E-state index is 9.71. The van der Waals surface area contributed by atoms with Gasteiger partial charge < -0.3 is 10.2 Å². The number of nitrogens with zero attached hydrogens (tertiary/aromatic N) is 3. The van der Waals surface area contributed by atoms with Crippen LogP contribution in [0.25, 0.3) is 10.8 Å². The summed E-state index contributed by atoms with van der Waals surface area (Å²) in [6.07, 6.45) is 14.4. The minimum absolute atomic E-state index is 0.0354. The predicted octanol–water partition coefficient (Wildman–Crippen LogP) is 8.33. The lowest BCUT2D eigenvalue weighted by molar-refractivity contribution is 0.244. The minimum atomic E-state index is -0.105. The highest BCUT2D eigenvalue weighted by atomic mass is 15.5. The molecule has 39 heavy (non-hydrogen) atoms. The van der Waals surface area contributed by atoms with Crippen LogP contribution < -0.4 is 15.1 Å². The summed E-state index contributed by atoms with van der Waals surface area (Å²) in [6, 6.07) is 24.2. The summed E-state index contributed by atoms with van der Waals surface area (Å²) in [6.45, 7) is 7.08. The summed E-state index contributed by atoms with van der Waals surface area (Å²) < 4.78 is 0. The smallest absolute Gasteiger partial charge is 0.187 e. The predicted molar refractivity (Wildman–Crippen MR) is 159 cm³/mol. The summed E-state index contributed by atoms with van der Waals surface area (Å²) in [5.74, 6) is 0.277. The first-order chi connectivity index (χ1) is 18.9. The van der Waals surface area contributed by atoms with E-state index in [1.807, 2.05) is 6.08 Å². The molecule has 3 atom stereocenters. The molecule has 8 rings (SSSR count). The number of benzene rings is 3. The number of hydrogen-bond donors (Lipinski definition) is 1. The second-order valence-corrected chi connectivity index (χ2v) is 12.0. The van der Waals surface area contributed by atoms with Crippen molar-refractivity contribution in [1.29, 1.82) is 5.26 Å². The molecule has 0 saturated carbocycles. The average molecular weight is 507 g/mol. The molecule has 3 aromatic carbocycles. The van der Waals surface area contributed by atoms with Gasteiger partial charge in [-0.1, -0.05) is 87.0 Å². The maximum atomic E-state index is 9.71. The van der Waals surface area contributed by atoms with Crippen molar-refractivity contribution in [3.8, 4) is 6.07 Å². The van der Waals surface area contributed by atoms with Gasteiger partial charge >= 0.3 is 0 Å². The van der Waals surface area contributed by atoms with Crippen molar-refractivity contribution in [2.75, 3.05) is 15.1 Å². The fraction of sp³-hybridized carbons (Fsp3) is 0.229. The average Bonchev–Trinajstić information content (AvgIpc) is 3.43. The third kappa shape index (κ3) is 2.83. The zero-order chi connectivity index (χ0) is 26.5. The van der Waals surface area contributed by atoms with Gasteiger partial charge in [-0.05, 0) is 59.2 Å². The first-order valence-electron chi connectivity index (χ1n) is 13.8. The van der Waals surface area contributed by atoms with Crippen molar-refractivity contribution in [3.63, 3.8) is 0 Å². The van der Waals surface area contributed by atoms with Gasteiger partial charge in [0.05, 0.1) is 34.4 Å². The van der Waals surface area contributed by atoms with Crippen LogP contribution >= 0.6 is 0 Å². The first kappa shape index (κ1) is 22.5. The molecule has 2 aliphatic heterocycles. The number of nitriles is 1. The fourth-order valence-corrected chi connectivity index (χ4v) is 7.86. The Hall–Kier alpha value is -4.49. The van der Waals surface area contributed by atoms with E-state index in [9.17, 15) is 5.26 Å². The molecule has 0 aromatic heterocycles. The van der Waals surface area contributed by atoms with Gasteiger partial charge in [0.2, 0.25) is 0 Å². The molecule has 0 saturated heterocycles. The quantitative estimate of drug-likeness (QED) is 0.360. The van der Waals surface area contributed by atoms with Crippen LogP contribution in [0.4, 0.5) is 22.7 Å².